The van der Waals surface area contributed by atoms with Crippen LogP contribution in [0.1, 0.15) is 36.8 Å². The van der Waals surface area contributed by atoms with E-state index in [0.717, 1.165) is 62.6 Å². The molecule has 1 aromatic rings. The minimum atomic E-state index is -0.343. The minimum absolute atomic E-state index is 0.0915. The highest BCUT2D eigenvalue weighted by atomic mass is 16.5. The Kier molecular flexibility index (Phi) is 5.36. The van der Waals surface area contributed by atoms with Crippen molar-refractivity contribution in [3.05, 3.63) is 17.0 Å². The summed E-state index contributed by atoms with van der Waals surface area (Å²) in [5.74, 6) is 0.977. The van der Waals surface area contributed by atoms with Gasteiger partial charge in [0.25, 0.3) is 0 Å². The predicted octanol–water partition coefficient (Wildman–Crippen LogP) is 1.06. The van der Waals surface area contributed by atoms with E-state index in [1.165, 1.54) is 0 Å². The van der Waals surface area contributed by atoms with Gasteiger partial charge in [0.15, 0.2) is 0 Å². The standard InChI is InChI=1S/C15H26N4O2/c1-4-5-14(16)15(20)19-8-6-18(7-9-19)10-13-11(2)17-21-12(13)3/h14H,4-10,16H2,1-3H3. The lowest BCUT2D eigenvalue weighted by atomic mass is 10.1. The normalized spacial score (nSPS) is 18.0. The predicted molar refractivity (Wildman–Crippen MR) is 80.7 cm³/mol. The third-order valence-corrected chi connectivity index (χ3v) is 4.16. The molecule has 6 heteroatoms. The maximum atomic E-state index is 12.2. The maximum Gasteiger partial charge on any atom is 0.239 e. The van der Waals surface area contributed by atoms with E-state index in [1.54, 1.807) is 0 Å². The van der Waals surface area contributed by atoms with Crippen LogP contribution in [0.4, 0.5) is 0 Å². The summed E-state index contributed by atoms with van der Waals surface area (Å²) in [6.07, 6.45) is 1.71. The van der Waals surface area contributed by atoms with Gasteiger partial charge in [0.1, 0.15) is 5.76 Å². The molecule has 0 aromatic carbocycles. The number of nitrogens with zero attached hydrogens (tertiary/aromatic N) is 3. The molecule has 1 fully saturated rings. The van der Waals surface area contributed by atoms with Crippen molar-refractivity contribution in [2.75, 3.05) is 26.2 Å². The lowest BCUT2D eigenvalue weighted by molar-refractivity contribution is -0.134. The van der Waals surface area contributed by atoms with Gasteiger partial charge < -0.3 is 15.2 Å². The first-order chi connectivity index (χ1) is 10.0. The monoisotopic (exact) mass is 294 g/mol. The molecule has 118 valence electrons. The Morgan fingerprint density at radius 1 is 1.33 bits per heavy atom. The van der Waals surface area contributed by atoms with Crippen LogP contribution in [0.2, 0.25) is 0 Å². The second-order valence-electron chi connectivity index (χ2n) is 5.80. The topological polar surface area (TPSA) is 75.6 Å². The van der Waals surface area contributed by atoms with Gasteiger partial charge in [-0.3, -0.25) is 9.69 Å². The van der Waals surface area contributed by atoms with E-state index in [2.05, 4.69) is 17.0 Å². The highest BCUT2D eigenvalue weighted by molar-refractivity contribution is 5.81. The maximum absolute atomic E-state index is 12.2. The number of hydrogen-bond acceptors (Lipinski definition) is 5. The van der Waals surface area contributed by atoms with Crippen molar-refractivity contribution < 1.29 is 9.32 Å². The van der Waals surface area contributed by atoms with E-state index in [9.17, 15) is 4.79 Å². The Morgan fingerprint density at radius 2 is 2.00 bits per heavy atom. The fourth-order valence-corrected chi connectivity index (χ4v) is 2.75. The number of carbonyl (C=O) groups excluding carboxylic acids is 1. The van der Waals surface area contributed by atoms with Crippen LogP contribution < -0.4 is 5.73 Å². The Labute approximate surface area is 126 Å². The van der Waals surface area contributed by atoms with Crippen LogP contribution in [0.25, 0.3) is 0 Å². The summed E-state index contributed by atoms with van der Waals surface area (Å²) in [5, 5.41) is 3.99. The number of carbonyl (C=O) groups is 1. The summed E-state index contributed by atoms with van der Waals surface area (Å²) in [4.78, 5) is 16.4. The number of amides is 1. The summed E-state index contributed by atoms with van der Waals surface area (Å²) in [5.41, 5.74) is 8.04. The molecule has 2 N–H and O–H groups in total. The van der Waals surface area contributed by atoms with Crippen LogP contribution in [0, 0.1) is 13.8 Å². The SMILES string of the molecule is CCCC(N)C(=O)N1CCN(Cc2c(C)noc2C)CC1. The molecule has 1 aliphatic rings. The molecule has 1 aliphatic heterocycles. The van der Waals surface area contributed by atoms with Gasteiger partial charge in [-0.1, -0.05) is 18.5 Å². The van der Waals surface area contributed by atoms with Gasteiger partial charge in [-0.15, -0.1) is 0 Å². The highest BCUT2D eigenvalue weighted by Gasteiger charge is 2.25. The molecule has 1 amide bonds. The molecule has 2 heterocycles. The fraction of sp³-hybridized carbons (Fsp3) is 0.733. The van der Waals surface area contributed by atoms with E-state index < -0.39 is 0 Å². The van der Waals surface area contributed by atoms with Crippen LogP contribution in [-0.2, 0) is 11.3 Å². The summed E-state index contributed by atoms with van der Waals surface area (Å²) in [6.45, 7) is 10.0. The van der Waals surface area contributed by atoms with E-state index >= 15 is 0 Å². The third-order valence-electron chi connectivity index (χ3n) is 4.16. The lowest BCUT2D eigenvalue weighted by Crippen LogP contribution is -2.52. The molecule has 1 unspecified atom stereocenters. The zero-order valence-electron chi connectivity index (χ0n) is 13.3. The quantitative estimate of drug-likeness (QED) is 0.879. The zero-order valence-corrected chi connectivity index (χ0v) is 13.3. The number of rotatable bonds is 5. The molecule has 0 bridgehead atoms. The zero-order chi connectivity index (χ0) is 15.4. The van der Waals surface area contributed by atoms with Crippen molar-refractivity contribution in [3.8, 4) is 0 Å². The first kappa shape index (κ1) is 16.0. The number of aromatic nitrogens is 1. The van der Waals surface area contributed by atoms with Crippen molar-refractivity contribution in [3.63, 3.8) is 0 Å². The van der Waals surface area contributed by atoms with Crippen LogP contribution in [0.3, 0.4) is 0 Å². The van der Waals surface area contributed by atoms with E-state index in [4.69, 9.17) is 10.3 Å². The lowest BCUT2D eigenvalue weighted by Gasteiger charge is -2.35. The largest absolute Gasteiger partial charge is 0.361 e. The molecular formula is C15H26N4O2. The third kappa shape index (κ3) is 3.83. The van der Waals surface area contributed by atoms with E-state index in [-0.39, 0.29) is 11.9 Å². The average Bonchev–Trinajstić information content (AvgIpc) is 2.79. The van der Waals surface area contributed by atoms with Crippen molar-refractivity contribution >= 4 is 5.91 Å². The molecule has 6 nitrogen and oxygen atoms in total. The molecule has 0 aliphatic carbocycles. The molecule has 1 aromatic heterocycles. The summed E-state index contributed by atoms with van der Waals surface area (Å²) < 4.78 is 5.20. The molecule has 0 saturated carbocycles. The van der Waals surface area contributed by atoms with E-state index in [1.807, 2.05) is 18.7 Å². The Morgan fingerprint density at radius 3 is 2.52 bits per heavy atom. The molecule has 1 saturated heterocycles. The molecule has 1 atom stereocenters. The summed E-state index contributed by atoms with van der Waals surface area (Å²) in [7, 11) is 0. The molecule has 0 radical (unpaired) electrons. The summed E-state index contributed by atoms with van der Waals surface area (Å²) >= 11 is 0. The van der Waals surface area contributed by atoms with Crippen LogP contribution in [0.5, 0.6) is 0 Å². The Hall–Kier alpha value is -1.40. The van der Waals surface area contributed by atoms with Gasteiger partial charge in [0, 0.05) is 38.3 Å². The number of piperazine rings is 1. The second kappa shape index (κ2) is 7.04. The molecule has 2 rings (SSSR count). The van der Waals surface area contributed by atoms with Crippen LogP contribution >= 0.6 is 0 Å². The van der Waals surface area contributed by atoms with Crippen LogP contribution in [0.15, 0.2) is 4.52 Å². The smallest absolute Gasteiger partial charge is 0.239 e. The Bertz CT molecular complexity index is 459. The van der Waals surface area contributed by atoms with Crippen molar-refractivity contribution in [1.82, 2.24) is 15.0 Å². The number of nitrogens with two attached hydrogens (primary N) is 1. The first-order valence-electron chi connectivity index (χ1n) is 7.71. The van der Waals surface area contributed by atoms with Gasteiger partial charge >= 0.3 is 0 Å². The summed E-state index contributed by atoms with van der Waals surface area (Å²) in [6, 6.07) is -0.343. The van der Waals surface area contributed by atoms with Crippen molar-refractivity contribution in [2.45, 2.75) is 46.2 Å². The molecular weight excluding hydrogens is 268 g/mol. The Balaban J connectivity index is 1.85. The molecule has 21 heavy (non-hydrogen) atoms. The van der Waals surface area contributed by atoms with Gasteiger partial charge in [0.05, 0.1) is 11.7 Å². The average molecular weight is 294 g/mol. The van der Waals surface area contributed by atoms with Gasteiger partial charge in [0.2, 0.25) is 5.91 Å². The van der Waals surface area contributed by atoms with Crippen molar-refractivity contribution in [1.29, 1.82) is 0 Å². The number of aryl methyl sites for hydroxylation is 2. The highest BCUT2D eigenvalue weighted by Crippen LogP contribution is 2.16. The minimum Gasteiger partial charge on any atom is -0.361 e. The van der Waals surface area contributed by atoms with Gasteiger partial charge in [-0.2, -0.15) is 0 Å². The van der Waals surface area contributed by atoms with Crippen LogP contribution in [-0.4, -0.2) is 53.1 Å². The van der Waals surface area contributed by atoms with Gasteiger partial charge in [-0.25, -0.2) is 0 Å². The molecule has 0 spiro atoms. The fourth-order valence-electron chi connectivity index (χ4n) is 2.75. The van der Waals surface area contributed by atoms with E-state index in [0.29, 0.717) is 0 Å². The van der Waals surface area contributed by atoms with Crippen molar-refractivity contribution in [2.24, 2.45) is 5.73 Å². The number of hydrogen-bond donors (Lipinski definition) is 1. The second-order valence-corrected chi connectivity index (χ2v) is 5.80. The van der Waals surface area contributed by atoms with Gasteiger partial charge in [-0.05, 0) is 20.3 Å². The first-order valence-corrected chi connectivity index (χ1v) is 7.71.